The van der Waals surface area contributed by atoms with Crippen molar-refractivity contribution in [3.8, 4) is 11.5 Å². The van der Waals surface area contributed by atoms with E-state index in [0.717, 1.165) is 90.7 Å². The Kier molecular flexibility index (Phi) is 12.9. The molecule has 0 atom stereocenters. The fourth-order valence-corrected chi connectivity index (χ4v) is 13.3. The molecule has 0 aromatic heterocycles. The van der Waals surface area contributed by atoms with E-state index in [4.69, 9.17) is 4.74 Å². The predicted octanol–water partition coefficient (Wildman–Crippen LogP) is 16.7. The first-order valence-corrected chi connectivity index (χ1v) is 29.1. The topological polar surface area (TPSA) is 22.2 Å². The molecular formula is C75H64B2N4O. The molecule has 0 bridgehead atoms. The van der Waals surface area contributed by atoms with Gasteiger partial charge in [0, 0.05) is 74.7 Å². The summed E-state index contributed by atoms with van der Waals surface area (Å²) in [5, 5.41) is 0. The van der Waals surface area contributed by atoms with Gasteiger partial charge in [0.2, 0.25) is 6.71 Å². The van der Waals surface area contributed by atoms with Crippen LogP contribution >= 0.6 is 0 Å². The lowest BCUT2D eigenvalue weighted by molar-refractivity contribution is 0.488. The molecule has 82 heavy (non-hydrogen) atoms. The second-order valence-electron chi connectivity index (χ2n) is 23.0. The van der Waals surface area contributed by atoms with Crippen molar-refractivity contribution in [3.63, 3.8) is 0 Å². The Balaban J connectivity index is 1.07. The molecule has 0 fully saturated rings. The van der Waals surface area contributed by atoms with Gasteiger partial charge < -0.3 is 24.3 Å². The number of rotatable bonds is 12. The van der Waals surface area contributed by atoms with Crippen LogP contribution in [-0.2, 0) is 0 Å². The number of benzene rings is 11. The molecule has 11 aromatic carbocycles. The van der Waals surface area contributed by atoms with Crippen molar-refractivity contribution < 1.29 is 4.74 Å². The molecule has 7 heteroatoms. The summed E-state index contributed by atoms with van der Waals surface area (Å²) in [7, 11) is 0. The minimum absolute atomic E-state index is 0.129. The number of fused-ring (bicyclic) bond motifs is 6. The Hall–Kier alpha value is -9.45. The number of anilines is 12. The second kappa shape index (κ2) is 20.9. The maximum Gasteiger partial charge on any atom is 0.256 e. The molecule has 5 nitrogen and oxygen atoms in total. The number of ether oxygens (including phenoxy) is 1. The molecule has 0 saturated carbocycles. The number of para-hydroxylation sites is 7. The zero-order valence-electron chi connectivity index (χ0n) is 47.4. The molecule has 0 radical (unpaired) electrons. The first-order valence-electron chi connectivity index (χ1n) is 29.1. The highest BCUT2D eigenvalue weighted by molar-refractivity contribution is 7.01. The molecular weight excluding hydrogens is 994 g/mol. The molecule has 396 valence electrons. The van der Waals surface area contributed by atoms with E-state index in [1.807, 2.05) is 0 Å². The molecule has 0 aliphatic carbocycles. The minimum atomic E-state index is -0.150. The molecule has 0 unspecified atom stereocenters. The van der Waals surface area contributed by atoms with Crippen molar-refractivity contribution in [2.45, 2.75) is 59.3 Å². The summed E-state index contributed by atoms with van der Waals surface area (Å²) in [6.45, 7) is 13.9. The van der Waals surface area contributed by atoms with Crippen LogP contribution in [-0.4, -0.2) is 13.4 Å². The first-order chi connectivity index (χ1) is 40.2. The highest BCUT2D eigenvalue weighted by Gasteiger charge is 2.46. The van der Waals surface area contributed by atoms with Crippen LogP contribution in [0.5, 0.6) is 11.5 Å². The Morgan fingerprint density at radius 2 is 0.732 bits per heavy atom. The van der Waals surface area contributed by atoms with Crippen molar-refractivity contribution in [3.05, 3.63) is 278 Å². The standard InChI is InChI=1S/C75H64B2N4O/c1-50(2)53-43-62(51(3)4)74(63(44-53)52(5)6)76-65-42-41-60(78(54-27-13-7-14-28-54)55-29-15-8-16-30-55)45-69(65)81(59-37-23-12-24-38-59)70-49-72-67(48-66(70)76)77-64-39-25-26-40-68(64)80(58-35-21-11-22-36-58)71-46-61(47-73(82-72)75(71)77)79(56-31-17-9-18-32-56)57-33-19-10-20-34-57/h7-52H,1-6H3. The fourth-order valence-electron chi connectivity index (χ4n) is 13.3. The molecule has 14 rings (SSSR count). The Bertz CT molecular complexity index is 4030. The van der Waals surface area contributed by atoms with Crippen molar-refractivity contribution in [2.24, 2.45) is 0 Å². The van der Waals surface area contributed by atoms with E-state index in [0.29, 0.717) is 5.92 Å². The van der Waals surface area contributed by atoms with Gasteiger partial charge in [-0.3, -0.25) is 0 Å². The van der Waals surface area contributed by atoms with Gasteiger partial charge in [0.25, 0.3) is 6.71 Å². The van der Waals surface area contributed by atoms with Gasteiger partial charge in [-0.1, -0.05) is 199 Å². The van der Waals surface area contributed by atoms with E-state index in [1.54, 1.807) is 0 Å². The maximum absolute atomic E-state index is 7.72. The van der Waals surface area contributed by atoms with Gasteiger partial charge in [0.1, 0.15) is 11.5 Å². The van der Waals surface area contributed by atoms with Crippen LogP contribution in [0.25, 0.3) is 0 Å². The van der Waals surface area contributed by atoms with Crippen molar-refractivity contribution >= 4 is 114 Å². The van der Waals surface area contributed by atoms with Gasteiger partial charge in [-0.25, -0.2) is 0 Å². The zero-order valence-corrected chi connectivity index (χ0v) is 47.4. The molecule has 0 amide bonds. The van der Waals surface area contributed by atoms with Gasteiger partial charge in [0.15, 0.2) is 0 Å². The SMILES string of the molecule is CC(C)c1cc(C(C)C)c(B2c3ccc(N(c4ccccc4)c4ccccc4)cc3N(c3ccccc3)c3cc4c(cc32)B2c3ccccc3N(c3ccccc3)c3cc(N(c5ccccc5)c5ccccc5)cc(c32)O4)c(C(C)C)c1. The lowest BCUT2D eigenvalue weighted by Gasteiger charge is -2.43. The normalized spacial score (nSPS) is 12.8. The summed E-state index contributed by atoms with van der Waals surface area (Å²) >= 11 is 0. The largest absolute Gasteiger partial charge is 0.458 e. The average molecular weight is 1060 g/mol. The van der Waals surface area contributed by atoms with E-state index < -0.39 is 0 Å². The van der Waals surface area contributed by atoms with Gasteiger partial charge >= 0.3 is 0 Å². The Morgan fingerprint density at radius 3 is 1.24 bits per heavy atom. The van der Waals surface area contributed by atoms with Gasteiger partial charge in [-0.05, 0) is 159 Å². The van der Waals surface area contributed by atoms with E-state index in [2.05, 4.69) is 322 Å². The number of hydrogen-bond acceptors (Lipinski definition) is 5. The zero-order chi connectivity index (χ0) is 55.6. The summed E-state index contributed by atoms with van der Waals surface area (Å²) in [6.07, 6.45) is 0. The van der Waals surface area contributed by atoms with Crippen LogP contribution in [0.2, 0.25) is 0 Å². The Labute approximate surface area is 484 Å². The quantitative estimate of drug-likeness (QED) is 0.113. The third kappa shape index (κ3) is 8.66. The van der Waals surface area contributed by atoms with Crippen molar-refractivity contribution in [2.75, 3.05) is 19.6 Å². The smallest absolute Gasteiger partial charge is 0.256 e. The summed E-state index contributed by atoms with van der Waals surface area (Å²) in [4.78, 5) is 9.72. The predicted molar refractivity (Wildman–Crippen MR) is 350 cm³/mol. The van der Waals surface area contributed by atoms with Crippen LogP contribution in [0.15, 0.2) is 261 Å². The molecule has 0 saturated heterocycles. The second-order valence-corrected chi connectivity index (χ2v) is 23.0. The molecule has 3 aliphatic rings. The summed E-state index contributed by atoms with van der Waals surface area (Å²) in [6, 6.07) is 95.8. The highest BCUT2D eigenvalue weighted by Crippen LogP contribution is 2.48. The third-order valence-electron chi connectivity index (χ3n) is 17.0. The first kappa shape index (κ1) is 50.7. The van der Waals surface area contributed by atoms with Crippen molar-refractivity contribution in [1.82, 2.24) is 0 Å². The molecule has 3 aliphatic heterocycles. The Morgan fingerprint density at radius 1 is 0.305 bits per heavy atom. The van der Waals surface area contributed by atoms with Crippen LogP contribution in [0.4, 0.5) is 68.2 Å². The monoisotopic (exact) mass is 1060 g/mol. The van der Waals surface area contributed by atoms with Crippen LogP contribution in [0, 0.1) is 0 Å². The molecule has 0 spiro atoms. The fraction of sp³-hybridized carbons (Fsp3) is 0.120. The molecule has 11 aromatic rings. The van der Waals surface area contributed by atoms with E-state index >= 15 is 0 Å². The number of nitrogens with zero attached hydrogens (tertiary/aromatic N) is 4. The molecule has 0 N–H and O–H groups in total. The van der Waals surface area contributed by atoms with Gasteiger partial charge in [-0.2, -0.15) is 0 Å². The maximum atomic E-state index is 7.72. The van der Waals surface area contributed by atoms with E-state index in [9.17, 15) is 0 Å². The lowest BCUT2D eigenvalue weighted by Crippen LogP contribution is -2.63. The summed E-state index contributed by atoms with van der Waals surface area (Å²) < 4.78 is 7.72. The third-order valence-corrected chi connectivity index (χ3v) is 17.0. The average Bonchev–Trinajstić information content (AvgIpc) is 1.47. The lowest BCUT2D eigenvalue weighted by atomic mass is 9.30. The molecule has 3 heterocycles. The van der Waals surface area contributed by atoms with Gasteiger partial charge in [-0.15, -0.1) is 0 Å². The minimum Gasteiger partial charge on any atom is -0.458 e. The van der Waals surface area contributed by atoms with Crippen LogP contribution in [0.1, 0.15) is 76.0 Å². The van der Waals surface area contributed by atoms with E-state index in [-0.39, 0.29) is 25.3 Å². The van der Waals surface area contributed by atoms with Crippen molar-refractivity contribution in [1.29, 1.82) is 0 Å². The summed E-state index contributed by atoms with van der Waals surface area (Å²) in [5.74, 6) is 2.60. The van der Waals surface area contributed by atoms with Crippen LogP contribution in [0.3, 0.4) is 0 Å². The van der Waals surface area contributed by atoms with Gasteiger partial charge in [0.05, 0.1) is 5.69 Å². The van der Waals surface area contributed by atoms with Crippen LogP contribution < -0.4 is 57.1 Å². The summed E-state index contributed by atoms with van der Waals surface area (Å²) in [5.41, 5.74) is 24.8. The number of hydrogen-bond donors (Lipinski definition) is 0. The highest BCUT2D eigenvalue weighted by atomic mass is 16.5. The van der Waals surface area contributed by atoms with E-state index in [1.165, 1.54) is 38.5 Å².